The molecule has 1 saturated heterocycles. The van der Waals surface area contributed by atoms with Crippen LogP contribution < -0.4 is 5.73 Å². The zero-order valence-corrected chi connectivity index (χ0v) is 6.84. The van der Waals surface area contributed by atoms with Crippen molar-refractivity contribution < 1.29 is 4.79 Å². The predicted molar refractivity (Wildman–Crippen MR) is 43.7 cm³/mol. The number of nitrogens with zero attached hydrogens (tertiary/aromatic N) is 1. The lowest BCUT2D eigenvalue weighted by molar-refractivity contribution is -0.126. The highest BCUT2D eigenvalue weighted by Crippen LogP contribution is 2.26. The van der Waals surface area contributed by atoms with Gasteiger partial charge < -0.3 is 10.6 Å². The molecule has 2 N–H and O–H groups in total. The summed E-state index contributed by atoms with van der Waals surface area (Å²) in [4.78, 5) is 12.9. The van der Waals surface area contributed by atoms with Gasteiger partial charge in [0.1, 0.15) is 0 Å². The van der Waals surface area contributed by atoms with Crippen LogP contribution in [0.3, 0.4) is 0 Å². The minimum atomic E-state index is 0.160. The van der Waals surface area contributed by atoms with Gasteiger partial charge in [-0.05, 0) is 0 Å². The largest absolute Gasteiger partial charge is 0.329 e. The molecule has 0 aromatic carbocycles. The quantitative estimate of drug-likeness (QED) is 0.623. The third-order valence-electron chi connectivity index (χ3n) is 2.05. The molecule has 11 heavy (non-hydrogen) atoms. The predicted octanol–water partition coefficient (Wildman–Crippen LogP) is 0.327. The van der Waals surface area contributed by atoms with Gasteiger partial charge in [0.15, 0.2) is 0 Å². The van der Waals surface area contributed by atoms with E-state index in [0.29, 0.717) is 25.4 Å². The summed E-state index contributed by atoms with van der Waals surface area (Å²) in [6, 6.07) is 0. The molecule has 62 valence electrons. The first-order valence-electron chi connectivity index (χ1n) is 3.86. The lowest BCUT2D eigenvalue weighted by Gasteiger charge is -2.16. The van der Waals surface area contributed by atoms with Crippen LogP contribution in [0.4, 0.5) is 0 Å². The van der Waals surface area contributed by atoms with Crippen LogP contribution in [0, 0.1) is 5.92 Å². The van der Waals surface area contributed by atoms with Crippen molar-refractivity contribution in [3.8, 4) is 0 Å². The number of nitrogens with two attached hydrogens (primary N) is 1. The Morgan fingerprint density at radius 2 is 2.45 bits per heavy atom. The number of likely N-dealkylation sites (tertiary alicyclic amines) is 1. The van der Waals surface area contributed by atoms with Crippen molar-refractivity contribution in [2.45, 2.75) is 13.3 Å². The summed E-state index contributed by atoms with van der Waals surface area (Å²) < 4.78 is 0. The van der Waals surface area contributed by atoms with Crippen LogP contribution in [0.15, 0.2) is 12.3 Å². The summed E-state index contributed by atoms with van der Waals surface area (Å²) in [5.41, 5.74) is 6.26. The average molecular weight is 154 g/mol. The molecule has 3 nitrogen and oxygen atoms in total. The van der Waals surface area contributed by atoms with Gasteiger partial charge in [-0.2, -0.15) is 0 Å². The summed E-state index contributed by atoms with van der Waals surface area (Å²) in [7, 11) is 0. The van der Waals surface area contributed by atoms with Crippen LogP contribution in [0.5, 0.6) is 0 Å². The molecule has 1 amide bonds. The van der Waals surface area contributed by atoms with E-state index in [1.165, 1.54) is 0 Å². The smallest absolute Gasteiger partial charge is 0.227 e. The second-order valence-corrected chi connectivity index (χ2v) is 2.93. The molecule has 0 aromatic heterocycles. The molecule has 3 heteroatoms. The van der Waals surface area contributed by atoms with Gasteiger partial charge in [-0.25, -0.2) is 0 Å². The molecule has 1 unspecified atom stereocenters. The molecule has 1 rings (SSSR count). The molecule has 1 aliphatic heterocycles. The Balaban J connectivity index is 2.64. The van der Waals surface area contributed by atoms with Gasteiger partial charge in [-0.15, -0.1) is 0 Å². The zero-order chi connectivity index (χ0) is 8.43. The highest BCUT2D eigenvalue weighted by Gasteiger charge is 2.29. The molecular formula is C8H14N2O. The second kappa shape index (κ2) is 3.05. The minimum Gasteiger partial charge on any atom is -0.329 e. The van der Waals surface area contributed by atoms with Gasteiger partial charge in [0.05, 0.1) is 0 Å². The fraction of sp³-hybridized carbons (Fsp3) is 0.625. The molecule has 0 bridgehead atoms. The Morgan fingerprint density at radius 3 is 2.82 bits per heavy atom. The SMILES string of the molecule is C=C1C(C)CC(=O)N1CCN. The maximum atomic E-state index is 11.2. The lowest BCUT2D eigenvalue weighted by Crippen LogP contribution is -2.29. The summed E-state index contributed by atoms with van der Waals surface area (Å²) in [6.07, 6.45) is 0.596. The lowest BCUT2D eigenvalue weighted by atomic mass is 10.1. The van der Waals surface area contributed by atoms with Crippen molar-refractivity contribution >= 4 is 5.91 Å². The molecule has 0 saturated carbocycles. The van der Waals surface area contributed by atoms with Crippen molar-refractivity contribution in [3.63, 3.8) is 0 Å². The zero-order valence-electron chi connectivity index (χ0n) is 6.84. The van der Waals surface area contributed by atoms with Gasteiger partial charge in [0.25, 0.3) is 0 Å². The average Bonchev–Trinajstić information content (AvgIpc) is 2.17. The van der Waals surface area contributed by atoms with Crippen molar-refractivity contribution in [3.05, 3.63) is 12.3 Å². The Bertz CT molecular complexity index is 189. The molecule has 0 aliphatic carbocycles. The minimum absolute atomic E-state index is 0.160. The van der Waals surface area contributed by atoms with E-state index in [4.69, 9.17) is 5.73 Å². The normalized spacial score (nSPS) is 24.9. The fourth-order valence-electron chi connectivity index (χ4n) is 1.31. The van der Waals surface area contributed by atoms with E-state index in [0.717, 1.165) is 5.70 Å². The van der Waals surface area contributed by atoms with E-state index in [2.05, 4.69) is 6.58 Å². The number of carbonyl (C=O) groups is 1. The van der Waals surface area contributed by atoms with E-state index in [1.54, 1.807) is 4.90 Å². The van der Waals surface area contributed by atoms with Crippen LogP contribution in [-0.2, 0) is 4.79 Å². The van der Waals surface area contributed by atoms with E-state index in [-0.39, 0.29) is 5.91 Å². The number of hydrogen-bond acceptors (Lipinski definition) is 2. The van der Waals surface area contributed by atoms with Crippen LogP contribution >= 0.6 is 0 Å². The monoisotopic (exact) mass is 154 g/mol. The van der Waals surface area contributed by atoms with Gasteiger partial charge in [0, 0.05) is 31.1 Å². The Labute approximate surface area is 66.9 Å². The third kappa shape index (κ3) is 1.43. The van der Waals surface area contributed by atoms with Crippen LogP contribution in [0.2, 0.25) is 0 Å². The number of allylic oxidation sites excluding steroid dienone is 1. The molecule has 1 heterocycles. The van der Waals surface area contributed by atoms with E-state index in [9.17, 15) is 4.79 Å². The molecule has 1 aliphatic rings. The molecule has 1 atom stereocenters. The summed E-state index contributed by atoms with van der Waals surface area (Å²) in [6.45, 7) is 6.97. The van der Waals surface area contributed by atoms with Crippen LogP contribution in [-0.4, -0.2) is 23.9 Å². The number of rotatable bonds is 2. The highest BCUT2D eigenvalue weighted by molar-refractivity contribution is 5.81. The number of amides is 1. The number of carbonyl (C=O) groups excluding carboxylic acids is 1. The van der Waals surface area contributed by atoms with Gasteiger partial charge in [-0.3, -0.25) is 4.79 Å². The Hall–Kier alpha value is -0.830. The highest BCUT2D eigenvalue weighted by atomic mass is 16.2. The summed E-state index contributed by atoms with van der Waals surface area (Å²) >= 11 is 0. The van der Waals surface area contributed by atoms with Crippen molar-refractivity contribution in [2.75, 3.05) is 13.1 Å². The fourth-order valence-corrected chi connectivity index (χ4v) is 1.31. The van der Waals surface area contributed by atoms with Crippen molar-refractivity contribution in [1.29, 1.82) is 0 Å². The number of hydrogen-bond donors (Lipinski definition) is 1. The maximum absolute atomic E-state index is 11.2. The molecule has 0 radical (unpaired) electrons. The van der Waals surface area contributed by atoms with Gasteiger partial charge in [0.2, 0.25) is 5.91 Å². The molecule has 0 spiro atoms. The molecular weight excluding hydrogens is 140 g/mol. The van der Waals surface area contributed by atoms with E-state index in [1.807, 2.05) is 6.92 Å². The first-order valence-corrected chi connectivity index (χ1v) is 3.86. The van der Waals surface area contributed by atoms with Crippen molar-refractivity contribution in [1.82, 2.24) is 4.90 Å². The first kappa shape index (κ1) is 8.27. The van der Waals surface area contributed by atoms with Crippen LogP contribution in [0.1, 0.15) is 13.3 Å². The van der Waals surface area contributed by atoms with Gasteiger partial charge >= 0.3 is 0 Å². The van der Waals surface area contributed by atoms with E-state index >= 15 is 0 Å². The topological polar surface area (TPSA) is 46.3 Å². The summed E-state index contributed by atoms with van der Waals surface area (Å²) in [5.74, 6) is 0.460. The van der Waals surface area contributed by atoms with E-state index < -0.39 is 0 Å². The van der Waals surface area contributed by atoms with Gasteiger partial charge in [-0.1, -0.05) is 13.5 Å². The standard InChI is InChI=1S/C8H14N2O/c1-6-5-8(11)10(4-3-9)7(6)2/h6H,2-5,9H2,1H3. The Morgan fingerprint density at radius 1 is 1.82 bits per heavy atom. The Kier molecular flexibility index (Phi) is 2.29. The van der Waals surface area contributed by atoms with Crippen LogP contribution in [0.25, 0.3) is 0 Å². The molecule has 0 aromatic rings. The maximum Gasteiger partial charge on any atom is 0.227 e. The second-order valence-electron chi connectivity index (χ2n) is 2.93. The first-order chi connectivity index (χ1) is 5.16. The summed E-state index contributed by atoms with van der Waals surface area (Å²) in [5, 5.41) is 0. The third-order valence-corrected chi connectivity index (χ3v) is 2.05. The molecule has 1 fully saturated rings. The van der Waals surface area contributed by atoms with Crippen molar-refractivity contribution in [2.24, 2.45) is 11.7 Å².